The van der Waals surface area contributed by atoms with Crippen LogP contribution in [0.5, 0.6) is 0 Å². The van der Waals surface area contributed by atoms with Gasteiger partial charge < -0.3 is 10.5 Å². The average Bonchev–Trinajstić information content (AvgIpc) is 2.84. The molecule has 17 heavy (non-hydrogen) atoms. The Morgan fingerprint density at radius 2 is 2.12 bits per heavy atom. The third kappa shape index (κ3) is 2.54. The number of aromatic nitrogens is 1. The predicted octanol–water partition coefficient (Wildman–Crippen LogP) is 3.14. The summed E-state index contributed by atoms with van der Waals surface area (Å²) in [6.45, 7) is 6.80. The van der Waals surface area contributed by atoms with Crippen LogP contribution in [0.3, 0.4) is 0 Å². The topological polar surface area (TPSA) is 48.1 Å². The van der Waals surface area contributed by atoms with Crippen LogP contribution in [0.15, 0.2) is 5.38 Å². The number of hydrogen-bond donors (Lipinski definition) is 1. The van der Waals surface area contributed by atoms with Crippen LogP contribution in [0.1, 0.15) is 57.2 Å². The fourth-order valence-electron chi connectivity index (χ4n) is 2.42. The predicted molar refractivity (Wildman–Crippen MR) is 71.1 cm³/mol. The molecule has 1 fully saturated rings. The van der Waals surface area contributed by atoms with Crippen molar-refractivity contribution in [2.24, 2.45) is 5.73 Å². The average molecular weight is 254 g/mol. The number of ether oxygens (including phenoxy) is 1. The molecule has 1 aliphatic carbocycles. The zero-order valence-corrected chi connectivity index (χ0v) is 11.8. The normalized spacial score (nSPS) is 19.8. The molecule has 3 nitrogen and oxygen atoms in total. The summed E-state index contributed by atoms with van der Waals surface area (Å²) in [5, 5.41) is 3.19. The maximum atomic E-state index is 6.09. The minimum atomic E-state index is -0.360. The van der Waals surface area contributed by atoms with Crippen LogP contribution >= 0.6 is 11.3 Å². The molecule has 0 bridgehead atoms. The van der Waals surface area contributed by atoms with E-state index in [0.717, 1.165) is 30.2 Å². The minimum Gasteiger partial charge on any atom is -0.368 e. The van der Waals surface area contributed by atoms with E-state index in [4.69, 9.17) is 15.5 Å². The molecule has 0 aliphatic heterocycles. The van der Waals surface area contributed by atoms with Crippen molar-refractivity contribution in [3.8, 4) is 0 Å². The quantitative estimate of drug-likeness (QED) is 0.898. The van der Waals surface area contributed by atoms with E-state index in [9.17, 15) is 0 Å². The first-order valence-corrected chi connectivity index (χ1v) is 7.25. The maximum Gasteiger partial charge on any atom is 0.125 e. The van der Waals surface area contributed by atoms with E-state index < -0.39 is 0 Å². The van der Waals surface area contributed by atoms with E-state index in [0.29, 0.717) is 0 Å². The largest absolute Gasteiger partial charge is 0.368 e. The Hall–Kier alpha value is -0.450. The molecule has 1 aliphatic rings. The van der Waals surface area contributed by atoms with Crippen molar-refractivity contribution in [2.45, 2.75) is 57.6 Å². The van der Waals surface area contributed by atoms with E-state index in [1.807, 2.05) is 13.8 Å². The number of nitrogens with two attached hydrogens (primary N) is 1. The second kappa shape index (κ2) is 4.67. The molecule has 0 amide bonds. The summed E-state index contributed by atoms with van der Waals surface area (Å²) >= 11 is 1.70. The van der Waals surface area contributed by atoms with Gasteiger partial charge in [0.15, 0.2) is 0 Å². The second-order valence-electron chi connectivity index (χ2n) is 5.39. The molecule has 2 N–H and O–H groups in total. The Morgan fingerprint density at radius 1 is 1.47 bits per heavy atom. The molecule has 0 radical (unpaired) electrons. The van der Waals surface area contributed by atoms with E-state index in [2.05, 4.69) is 12.3 Å². The van der Waals surface area contributed by atoms with Crippen LogP contribution in [-0.4, -0.2) is 11.6 Å². The zero-order valence-electron chi connectivity index (χ0n) is 11.0. The van der Waals surface area contributed by atoms with Crippen LogP contribution in [0.4, 0.5) is 0 Å². The van der Waals surface area contributed by atoms with Gasteiger partial charge in [-0.3, -0.25) is 0 Å². The Morgan fingerprint density at radius 3 is 2.59 bits per heavy atom. The van der Waals surface area contributed by atoms with Crippen LogP contribution < -0.4 is 5.73 Å². The van der Waals surface area contributed by atoms with Gasteiger partial charge in [0, 0.05) is 12.0 Å². The fourth-order valence-corrected chi connectivity index (χ4v) is 3.63. The Kier molecular flexibility index (Phi) is 3.57. The Bertz CT molecular complexity index is 375. The third-order valence-corrected chi connectivity index (χ3v) is 4.41. The molecule has 1 aromatic heterocycles. The summed E-state index contributed by atoms with van der Waals surface area (Å²) in [5.41, 5.74) is 6.58. The van der Waals surface area contributed by atoms with Gasteiger partial charge in [0.25, 0.3) is 0 Å². The van der Waals surface area contributed by atoms with Gasteiger partial charge in [0.1, 0.15) is 10.6 Å². The molecule has 0 aromatic carbocycles. The lowest BCUT2D eigenvalue weighted by Gasteiger charge is -2.26. The summed E-state index contributed by atoms with van der Waals surface area (Å²) in [4.78, 5) is 4.72. The molecule has 0 unspecified atom stereocenters. The molecular weight excluding hydrogens is 232 g/mol. The van der Waals surface area contributed by atoms with Gasteiger partial charge in [0.05, 0.1) is 11.2 Å². The molecule has 0 saturated heterocycles. The van der Waals surface area contributed by atoms with Crippen LogP contribution in [-0.2, 0) is 15.9 Å². The molecule has 0 atom stereocenters. The van der Waals surface area contributed by atoms with Crippen molar-refractivity contribution in [1.29, 1.82) is 0 Å². The summed E-state index contributed by atoms with van der Waals surface area (Å²) in [6, 6.07) is 0. The van der Waals surface area contributed by atoms with Gasteiger partial charge in [-0.25, -0.2) is 4.98 Å². The molecule has 2 rings (SSSR count). The molecular formula is C13H22N2OS. The summed E-state index contributed by atoms with van der Waals surface area (Å²) < 4.78 is 6.01. The van der Waals surface area contributed by atoms with Crippen molar-refractivity contribution in [3.05, 3.63) is 16.1 Å². The van der Waals surface area contributed by atoms with Gasteiger partial charge in [-0.1, -0.05) is 12.8 Å². The highest BCUT2D eigenvalue weighted by molar-refractivity contribution is 7.09. The summed E-state index contributed by atoms with van der Waals surface area (Å²) in [6.07, 6.45) is 4.67. The first-order valence-electron chi connectivity index (χ1n) is 6.37. The van der Waals surface area contributed by atoms with Crippen molar-refractivity contribution >= 4 is 11.3 Å². The van der Waals surface area contributed by atoms with Crippen molar-refractivity contribution in [3.63, 3.8) is 0 Å². The van der Waals surface area contributed by atoms with E-state index in [1.165, 1.54) is 12.8 Å². The summed E-state index contributed by atoms with van der Waals surface area (Å²) in [5.74, 6) is 0. The van der Waals surface area contributed by atoms with Gasteiger partial charge >= 0.3 is 0 Å². The Balaban J connectivity index is 2.28. The SMILES string of the molecule is CCOC1(c2nc(C(C)(C)N)cs2)CCCC1. The molecule has 4 heteroatoms. The van der Waals surface area contributed by atoms with Crippen LogP contribution in [0.2, 0.25) is 0 Å². The number of rotatable bonds is 4. The van der Waals surface area contributed by atoms with Gasteiger partial charge in [0.2, 0.25) is 0 Å². The standard InChI is InChI=1S/C13H22N2OS/c1-4-16-13(7-5-6-8-13)11-15-10(9-17-11)12(2,3)14/h9H,4-8,14H2,1-3H3. The highest BCUT2D eigenvalue weighted by Crippen LogP contribution is 2.43. The highest BCUT2D eigenvalue weighted by atomic mass is 32.1. The molecule has 1 saturated carbocycles. The third-order valence-electron chi connectivity index (χ3n) is 3.39. The zero-order chi connectivity index (χ0) is 12.5. The lowest BCUT2D eigenvalue weighted by molar-refractivity contribution is -0.0392. The van der Waals surface area contributed by atoms with Crippen LogP contribution in [0.25, 0.3) is 0 Å². The Labute approximate surface area is 107 Å². The maximum absolute atomic E-state index is 6.09. The molecule has 0 spiro atoms. The van der Waals surface area contributed by atoms with Gasteiger partial charge in [-0.15, -0.1) is 11.3 Å². The lowest BCUT2D eigenvalue weighted by Crippen LogP contribution is -2.30. The first-order chi connectivity index (χ1) is 7.98. The van der Waals surface area contributed by atoms with E-state index in [1.54, 1.807) is 11.3 Å². The van der Waals surface area contributed by atoms with Crippen molar-refractivity contribution in [1.82, 2.24) is 4.98 Å². The lowest BCUT2D eigenvalue weighted by atomic mass is 10.0. The smallest absolute Gasteiger partial charge is 0.125 e. The highest BCUT2D eigenvalue weighted by Gasteiger charge is 2.39. The van der Waals surface area contributed by atoms with Crippen molar-refractivity contribution < 1.29 is 4.74 Å². The number of hydrogen-bond acceptors (Lipinski definition) is 4. The fraction of sp³-hybridized carbons (Fsp3) is 0.769. The number of nitrogens with zero attached hydrogens (tertiary/aromatic N) is 1. The first kappa shape index (κ1) is 13.0. The van der Waals surface area contributed by atoms with E-state index in [-0.39, 0.29) is 11.1 Å². The molecule has 1 heterocycles. The number of thiazole rings is 1. The van der Waals surface area contributed by atoms with Gasteiger partial charge in [-0.05, 0) is 33.6 Å². The molecule has 1 aromatic rings. The van der Waals surface area contributed by atoms with Crippen LogP contribution in [0, 0.1) is 0 Å². The van der Waals surface area contributed by atoms with Crippen molar-refractivity contribution in [2.75, 3.05) is 6.61 Å². The second-order valence-corrected chi connectivity index (χ2v) is 6.25. The minimum absolute atomic E-state index is 0.122. The molecule has 96 valence electrons. The van der Waals surface area contributed by atoms with Gasteiger partial charge in [-0.2, -0.15) is 0 Å². The summed E-state index contributed by atoms with van der Waals surface area (Å²) in [7, 11) is 0. The van der Waals surface area contributed by atoms with E-state index >= 15 is 0 Å². The monoisotopic (exact) mass is 254 g/mol.